The zero-order valence-electron chi connectivity index (χ0n) is 19.0. The monoisotopic (exact) mass is 404 g/mol. The molecular formula is C28H36O2. The minimum Gasteiger partial charge on any atom is -0.489 e. The molecule has 2 nitrogen and oxygen atoms in total. The fourth-order valence-electron chi connectivity index (χ4n) is 5.96. The van der Waals surface area contributed by atoms with Crippen LogP contribution in [0.1, 0.15) is 76.0 Å². The van der Waals surface area contributed by atoms with Crippen molar-refractivity contribution in [3.8, 4) is 5.75 Å². The fourth-order valence-corrected chi connectivity index (χ4v) is 5.96. The topological polar surface area (TPSA) is 26.3 Å². The average Bonchev–Trinajstić information content (AvgIpc) is 2.74. The van der Waals surface area contributed by atoms with Crippen molar-refractivity contribution in [3.05, 3.63) is 65.2 Å². The summed E-state index contributed by atoms with van der Waals surface area (Å²) in [5, 5.41) is 0. The standard InChI is InChI=1S/C28H36O2/c1-19(2)10-13-25-20(3)27(29)17-26-24-12-11-23(16-22(24)14-15-28(25,26)4)30-18-21-8-6-5-7-9-21/h5-9,11-12,16,19-20,25-26H,10,13-15,17-18H2,1-4H3. The van der Waals surface area contributed by atoms with Crippen LogP contribution in [0.3, 0.4) is 0 Å². The van der Waals surface area contributed by atoms with Gasteiger partial charge in [-0.3, -0.25) is 4.79 Å². The molecule has 1 fully saturated rings. The van der Waals surface area contributed by atoms with E-state index in [1.807, 2.05) is 18.2 Å². The van der Waals surface area contributed by atoms with Gasteiger partial charge in [0.25, 0.3) is 0 Å². The Morgan fingerprint density at radius 3 is 2.63 bits per heavy atom. The Balaban J connectivity index is 1.56. The maximum Gasteiger partial charge on any atom is 0.136 e. The number of carbonyl (C=O) groups excluding carboxylic acids is 1. The summed E-state index contributed by atoms with van der Waals surface area (Å²) in [4.78, 5) is 13.0. The summed E-state index contributed by atoms with van der Waals surface area (Å²) in [6.45, 7) is 9.83. The molecule has 2 aromatic rings. The molecule has 4 atom stereocenters. The first-order chi connectivity index (χ1) is 14.4. The number of benzene rings is 2. The molecule has 0 bridgehead atoms. The summed E-state index contributed by atoms with van der Waals surface area (Å²) in [6.07, 6.45) is 5.35. The van der Waals surface area contributed by atoms with Crippen LogP contribution >= 0.6 is 0 Å². The number of ketones is 1. The molecule has 0 amide bonds. The molecule has 0 spiro atoms. The van der Waals surface area contributed by atoms with Crippen molar-refractivity contribution in [1.82, 2.24) is 0 Å². The molecular weight excluding hydrogens is 368 g/mol. The van der Waals surface area contributed by atoms with Gasteiger partial charge in [-0.2, -0.15) is 0 Å². The highest BCUT2D eigenvalue weighted by atomic mass is 16.5. The molecule has 30 heavy (non-hydrogen) atoms. The van der Waals surface area contributed by atoms with Crippen LogP contribution in [0.25, 0.3) is 0 Å². The maximum absolute atomic E-state index is 13.0. The van der Waals surface area contributed by atoms with Crippen molar-refractivity contribution in [2.24, 2.45) is 23.2 Å². The Kier molecular flexibility index (Phi) is 6.04. The number of fused-ring (bicyclic) bond motifs is 3. The molecule has 4 rings (SSSR count). The third kappa shape index (κ3) is 4.06. The first-order valence-electron chi connectivity index (χ1n) is 11.7. The first-order valence-corrected chi connectivity index (χ1v) is 11.7. The van der Waals surface area contributed by atoms with Crippen LogP contribution in [-0.4, -0.2) is 5.78 Å². The zero-order chi connectivity index (χ0) is 21.3. The minimum atomic E-state index is 0.194. The van der Waals surface area contributed by atoms with Gasteiger partial charge in [0.05, 0.1) is 0 Å². The van der Waals surface area contributed by atoms with Crippen molar-refractivity contribution in [1.29, 1.82) is 0 Å². The van der Waals surface area contributed by atoms with Crippen LogP contribution in [-0.2, 0) is 17.8 Å². The van der Waals surface area contributed by atoms with Gasteiger partial charge in [0.2, 0.25) is 0 Å². The van der Waals surface area contributed by atoms with Gasteiger partial charge in [-0.05, 0) is 71.3 Å². The second-order valence-corrected chi connectivity index (χ2v) is 10.2. The average molecular weight is 405 g/mol. The maximum atomic E-state index is 13.0. The lowest BCUT2D eigenvalue weighted by Crippen LogP contribution is -2.48. The molecule has 4 unspecified atom stereocenters. The van der Waals surface area contributed by atoms with Gasteiger partial charge in [-0.1, -0.05) is 70.5 Å². The third-order valence-corrected chi connectivity index (χ3v) is 7.89. The highest BCUT2D eigenvalue weighted by Gasteiger charge is 2.52. The minimum absolute atomic E-state index is 0.194. The molecule has 2 aliphatic rings. The number of hydrogen-bond acceptors (Lipinski definition) is 2. The zero-order valence-corrected chi connectivity index (χ0v) is 19.0. The smallest absolute Gasteiger partial charge is 0.136 e. The molecule has 0 aliphatic heterocycles. The van der Waals surface area contributed by atoms with Crippen molar-refractivity contribution >= 4 is 5.78 Å². The Morgan fingerprint density at radius 1 is 1.13 bits per heavy atom. The molecule has 2 aliphatic carbocycles. The van der Waals surface area contributed by atoms with E-state index in [4.69, 9.17) is 4.74 Å². The van der Waals surface area contributed by atoms with Gasteiger partial charge in [0.15, 0.2) is 0 Å². The number of aryl methyl sites for hydroxylation is 1. The van der Waals surface area contributed by atoms with Crippen LogP contribution in [0.5, 0.6) is 5.75 Å². The lowest BCUT2D eigenvalue weighted by Gasteiger charge is -2.53. The van der Waals surface area contributed by atoms with E-state index in [9.17, 15) is 4.79 Å². The lowest BCUT2D eigenvalue weighted by atomic mass is 9.50. The van der Waals surface area contributed by atoms with Crippen LogP contribution in [0.15, 0.2) is 48.5 Å². The van der Waals surface area contributed by atoms with Gasteiger partial charge in [0, 0.05) is 12.3 Å². The van der Waals surface area contributed by atoms with Crippen LogP contribution in [0, 0.1) is 23.2 Å². The molecule has 1 saturated carbocycles. The highest BCUT2D eigenvalue weighted by molar-refractivity contribution is 5.83. The second kappa shape index (κ2) is 8.57. The van der Waals surface area contributed by atoms with Gasteiger partial charge in [-0.25, -0.2) is 0 Å². The van der Waals surface area contributed by atoms with E-state index in [1.54, 1.807) is 0 Å². The van der Waals surface area contributed by atoms with Crippen LogP contribution < -0.4 is 4.74 Å². The van der Waals surface area contributed by atoms with E-state index in [2.05, 4.69) is 58.0 Å². The molecule has 0 aromatic heterocycles. The van der Waals surface area contributed by atoms with Crippen molar-refractivity contribution in [2.45, 2.75) is 72.3 Å². The number of Topliss-reactive ketones (excluding diaryl/α,β-unsaturated/α-hetero) is 1. The first kappa shape index (κ1) is 21.2. The van der Waals surface area contributed by atoms with Gasteiger partial charge < -0.3 is 4.74 Å². The molecule has 160 valence electrons. The lowest BCUT2D eigenvalue weighted by molar-refractivity contribution is -0.133. The van der Waals surface area contributed by atoms with Crippen molar-refractivity contribution in [2.75, 3.05) is 0 Å². The Hall–Kier alpha value is -2.09. The molecule has 0 N–H and O–H groups in total. The summed E-state index contributed by atoms with van der Waals surface area (Å²) in [7, 11) is 0. The van der Waals surface area contributed by atoms with E-state index >= 15 is 0 Å². The fraction of sp³-hybridized carbons (Fsp3) is 0.536. The summed E-state index contributed by atoms with van der Waals surface area (Å²) >= 11 is 0. The summed E-state index contributed by atoms with van der Waals surface area (Å²) < 4.78 is 6.08. The Bertz CT molecular complexity index is 885. The molecule has 2 heteroatoms. The molecule has 0 radical (unpaired) electrons. The van der Waals surface area contributed by atoms with E-state index in [0.29, 0.717) is 36.6 Å². The predicted molar refractivity (Wildman–Crippen MR) is 123 cm³/mol. The summed E-state index contributed by atoms with van der Waals surface area (Å²) in [5.74, 6) is 3.13. The molecule has 0 heterocycles. The summed E-state index contributed by atoms with van der Waals surface area (Å²) in [5.41, 5.74) is 4.18. The number of rotatable bonds is 6. The highest BCUT2D eigenvalue weighted by Crippen LogP contribution is 2.58. The van der Waals surface area contributed by atoms with Gasteiger partial charge in [-0.15, -0.1) is 0 Å². The molecule has 0 saturated heterocycles. The quantitative estimate of drug-likeness (QED) is 0.520. The van der Waals surface area contributed by atoms with Crippen LogP contribution in [0.2, 0.25) is 0 Å². The predicted octanol–water partition coefficient (Wildman–Crippen LogP) is 6.96. The van der Waals surface area contributed by atoms with E-state index in [-0.39, 0.29) is 11.3 Å². The van der Waals surface area contributed by atoms with Crippen LogP contribution in [0.4, 0.5) is 0 Å². The normalized spacial score (nSPS) is 28.2. The second-order valence-electron chi connectivity index (χ2n) is 10.2. The van der Waals surface area contributed by atoms with Crippen molar-refractivity contribution < 1.29 is 9.53 Å². The summed E-state index contributed by atoms with van der Waals surface area (Å²) in [6, 6.07) is 16.9. The Morgan fingerprint density at radius 2 is 1.90 bits per heavy atom. The van der Waals surface area contributed by atoms with Crippen molar-refractivity contribution in [3.63, 3.8) is 0 Å². The number of carbonyl (C=O) groups is 1. The molecule has 2 aromatic carbocycles. The third-order valence-electron chi connectivity index (χ3n) is 7.89. The van der Waals surface area contributed by atoms with Gasteiger partial charge in [0.1, 0.15) is 18.1 Å². The van der Waals surface area contributed by atoms with E-state index < -0.39 is 0 Å². The number of ether oxygens (including phenoxy) is 1. The SMILES string of the molecule is CC(C)CCC1C(C)C(=O)CC2c3ccc(OCc4ccccc4)cc3CCC21C. The van der Waals surface area contributed by atoms with Gasteiger partial charge >= 0.3 is 0 Å². The van der Waals surface area contributed by atoms with E-state index in [0.717, 1.165) is 12.2 Å². The number of hydrogen-bond donors (Lipinski definition) is 0. The largest absolute Gasteiger partial charge is 0.489 e. The van der Waals surface area contributed by atoms with E-state index in [1.165, 1.54) is 36.0 Å². The Labute approximate surface area is 182 Å².